The van der Waals surface area contributed by atoms with Crippen LogP contribution < -0.4 is 21.2 Å². The molecule has 0 heterocycles. The molecule has 2 aliphatic rings. The highest BCUT2D eigenvalue weighted by Gasteiger charge is 2.46. The van der Waals surface area contributed by atoms with Crippen LogP contribution >= 0.6 is 15.8 Å². The lowest BCUT2D eigenvalue weighted by Crippen LogP contribution is -2.34. The van der Waals surface area contributed by atoms with Gasteiger partial charge >= 0.3 is 0 Å². The Labute approximate surface area is 219 Å². The second-order valence-corrected chi connectivity index (χ2v) is 15.3. The maximum Gasteiger partial charge on any atom is -0.00976 e. The second kappa shape index (κ2) is 11.4. The molecule has 4 aromatic carbocycles. The monoisotopic (exact) mass is 506 g/mol. The van der Waals surface area contributed by atoms with Crippen molar-refractivity contribution < 1.29 is 0 Å². The van der Waals surface area contributed by atoms with Crippen molar-refractivity contribution in [2.45, 2.75) is 49.8 Å². The average molecular weight is 507 g/mol. The van der Waals surface area contributed by atoms with E-state index in [1.54, 1.807) is 21.2 Å². The second-order valence-electron chi connectivity index (χ2n) is 10.4. The fraction of sp³-hybridized carbons (Fsp3) is 0.294. The lowest BCUT2D eigenvalue weighted by Gasteiger charge is -2.38. The highest BCUT2D eigenvalue weighted by molar-refractivity contribution is 7.74. The van der Waals surface area contributed by atoms with E-state index < -0.39 is 0 Å². The lowest BCUT2D eigenvalue weighted by atomic mass is 9.89. The molecule has 0 nitrogen and oxygen atoms in total. The Balaban J connectivity index is 1.38. The van der Waals surface area contributed by atoms with Crippen LogP contribution in [0.15, 0.2) is 121 Å². The molecule has 4 atom stereocenters. The zero-order chi connectivity index (χ0) is 24.2. The van der Waals surface area contributed by atoms with E-state index in [1.807, 2.05) is 0 Å². The molecule has 3 unspecified atom stereocenters. The lowest BCUT2D eigenvalue weighted by molar-refractivity contribution is 0.358. The Kier molecular flexibility index (Phi) is 7.65. The standard InChI is InChI=1S/C34H36P2/c1-5-15-27(16-6-1)35(28-17-7-2-8-18-28)33-25-13-23-31(33)32-24-14-26-34(32)36(29-19-9-3-10-20-29)30-21-11-4-12-22-30/h1-12,15-22,31-34H,13-14,23-26H2/t31-,32?,33?,34?/m1/s1. The number of hydrogen-bond donors (Lipinski definition) is 0. The van der Waals surface area contributed by atoms with Gasteiger partial charge in [0.25, 0.3) is 0 Å². The van der Waals surface area contributed by atoms with Crippen LogP contribution in [0.5, 0.6) is 0 Å². The molecule has 6 rings (SSSR count). The molecule has 0 spiro atoms. The van der Waals surface area contributed by atoms with Crippen LogP contribution in [0, 0.1) is 11.8 Å². The van der Waals surface area contributed by atoms with E-state index in [2.05, 4.69) is 121 Å². The summed E-state index contributed by atoms with van der Waals surface area (Å²) in [5, 5.41) is 6.27. The molecule has 2 fully saturated rings. The summed E-state index contributed by atoms with van der Waals surface area (Å²) in [6.07, 6.45) is 8.39. The largest absolute Gasteiger partial charge is 0.0622 e. The summed E-state index contributed by atoms with van der Waals surface area (Å²) in [5.74, 6) is 1.67. The van der Waals surface area contributed by atoms with Crippen LogP contribution in [-0.4, -0.2) is 11.3 Å². The third-order valence-corrected chi connectivity index (χ3v) is 14.4. The summed E-state index contributed by atoms with van der Waals surface area (Å²) in [6, 6.07) is 45.9. The van der Waals surface area contributed by atoms with Gasteiger partial charge in [0, 0.05) is 0 Å². The van der Waals surface area contributed by atoms with Crippen molar-refractivity contribution in [2.24, 2.45) is 11.8 Å². The van der Waals surface area contributed by atoms with Crippen molar-refractivity contribution in [3.05, 3.63) is 121 Å². The Hall–Kier alpha value is -2.26. The van der Waals surface area contributed by atoms with Crippen molar-refractivity contribution in [1.29, 1.82) is 0 Å². The molecule has 0 saturated heterocycles. The van der Waals surface area contributed by atoms with Crippen molar-refractivity contribution in [3.8, 4) is 0 Å². The Bertz CT molecular complexity index is 1030. The minimum atomic E-state index is -0.347. The molecule has 36 heavy (non-hydrogen) atoms. The fourth-order valence-electron chi connectivity index (χ4n) is 7.00. The third kappa shape index (κ3) is 4.96. The minimum absolute atomic E-state index is 0.347. The smallest absolute Gasteiger partial charge is 0.00976 e. The summed E-state index contributed by atoms with van der Waals surface area (Å²) in [6.45, 7) is 0. The molecule has 2 saturated carbocycles. The van der Waals surface area contributed by atoms with Crippen LogP contribution in [0.1, 0.15) is 38.5 Å². The third-order valence-electron chi connectivity index (χ3n) is 8.41. The van der Waals surface area contributed by atoms with Crippen LogP contribution in [0.25, 0.3) is 0 Å². The van der Waals surface area contributed by atoms with Gasteiger partial charge in [-0.25, -0.2) is 0 Å². The van der Waals surface area contributed by atoms with E-state index >= 15 is 0 Å². The number of hydrogen-bond acceptors (Lipinski definition) is 0. The Morgan fingerprint density at radius 3 is 0.917 bits per heavy atom. The minimum Gasteiger partial charge on any atom is -0.0622 e. The van der Waals surface area contributed by atoms with E-state index in [-0.39, 0.29) is 15.8 Å². The summed E-state index contributed by atoms with van der Waals surface area (Å²) in [5.41, 5.74) is 1.58. The highest BCUT2D eigenvalue weighted by atomic mass is 31.1. The molecule has 0 aromatic heterocycles. The first-order chi connectivity index (χ1) is 17.9. The van der Waals surface area contributed by atoms with Gasteiger partial charge in [-0.15, -0.1) is 0 Å². The van der Waals surface area contributed by atoms with Crippen molar-refractivity contribution >= 4 is 37.1 Å². The van der Waals surface area contributed by atoms with Gasteiger partial charge in [-0.05, 0) is 85.9 Å². The molecule has 0 radical (unpaired) electrons. The predicted molar refractivity (Wildman–Crippen MR) is 160 cm³/mol. The molecule has 4 aromatic rings. The van der Waals surface area contributed by atoms with Crippen molar-refractivity contribution in [2.75, 3.05) is 0 Å². The Morgan fingerprint density at radius 2 is 0.639 bits per heavy atom. The van der Waals surface area contributed by atoms with E-state index in [9.17, 15) is 0 Å². The first-order valence-corrected chi connectivity index (χ1v) is 16.5. The molecule has 0 N–H and O–H groups in total. The number of benzene rings is 4. The summed E-state index contributed by atoms with van der Waals surface area (Å²) >= 11 is 0. The first kappa shape index (κ1) is 24.1. The maximum absolute atomic E-state index is 2.40. The van der Waals surface area contributed by atoms with Crippen molar-refractivity contribution in [1.82, 2.24) is 0 Å². The van der Waals surface area contributed by atoms with Gasteiger partial charge in [-0.2, -0.15) is 0 Å². The van der Waals surface area contributed by atoms with Crippen LogP contribution in [0.3, 0.4) is 0 Å². The van der Waals surface area contributed by atoms with E-state index in [4.69, 9.17) is 0 Å². The molecule has 2 aliphatic carbocycles. The van der Waals surface area contributed by atoms with Crippen LogP contribution in [0.4, 0.5) is 0 Å². The summed E-state index contributed by atoms with van der Waals surface area (Å²) < 4.78 is 0. The highest BCUT2D eigenvalue weighted by Crippen LogP contribution is 2.59. The average Bonchev–Trinajstić information content (AvgIpc) is 3.62. The van der Waals surface area contributed by atoms with Gasteiger partial charge in [0.1, 0.15) is 0 Å². The topological polar surface area (TPSA) is 0 Å². The van der Waals surface area contributed by atoms with Gasteiger partial charge in [-0.1, -0.05) is 134 Å². The van der Waals surface area contributed by atoms with Gasteiger partial charge in [0.15, 0.2) is 0 Å². The van der Waals surface area contributed by atoms with E-state index in [1.165, 1.54) is 38.5 Å². The zero-order valence-corrected chi connectivity index (χ0v) is 22.8. The molecule has 182 valence electrons. The summed E-state index contributed by atoms with van der Waals surface area (Å²) in [4.78, 5) is 0. The zero-order valence-electron chi connectivity index (χ0n) is 21.0. The Morgan fingerprint density at radius 1 is 0.361 bits per heavy atom. The first-order valence-electron chi connectivity index (χ1n) is 13.7. The molecule has 0 bridgehead atoms. The van der Waals surface area contributed by atoms with Crippen molar-refractivity contribution in [3.63, 3.8) is 0 Å². The van der Waals surface area contributed by atoms with E-state index in [0.29, 0.717) is 0 Å². The molecule has 0 amide bonds. The fourth-order valence-corrected chi connectivity index (χ4v) is 13.5. The molecule has 2 heteroatoms. The van der Waals surface area contributed by atoms with Gasteiger partial charge in [0.05, 0.1) is 0 Å². The normalized spacial score (nSPS) is 23.9. The maximum atomic E-state index is 2.40. The van der Waals surface area contributed by atoms with Gasteiger partial charge < -0.3 is 0 Å². The SMILES string of the molecule is c1ccc(P(c2ccccc2)C2CCCC2[C@H]2CCCC2P(c2ccccc2)c2ccccc2)cc1. The quantitative estimate of drug-likeness (QED) is 0.227. The van der Waals surface area contributed by atoms with Gasteiger partial charge in [-0.3, -0.25) is 0 Å². The summed E-state index contributed by atoms with van der Waals surface area (Å²) in [7, 11) is -0.694. The molecular weight excluding hydrogens is 470 g/mol. The predicted octanol–water partition coefficient (Wildman–Crippen LogP) is 7.59. The van der Waals surface area contributed by atoms with Gasteiger partial charge in [0.2, 0.25) is 0 Å². The van der Waals surface area contributed by atoms with Crippen LogP contribution in [0.2, 0.25) is 0 Å². The molecule has 0 aliphatic heterocycles. The molecular formula is C34H36P2. The van der Waals surface area contributed by atoms with Crippen LogP contribution in [-0.2, 0) is 0 Å². The van der Waals surface area contributed by atoms with E-state index in [0.717, 1.165) is 23.2 Å². The number of rotatable bonds is 7.